The van der Waals surface area contributed by atoms with E-state index >= 15 is 0 Å². The highest BCUT2D eigenvalue weighted by Crippen LogP contribution is 2.22. The number of amides is 2. The molecule has 0 aromatic heterocycles. The van der Waals surface area contributed by atoms with E-state index in [1.165, 1.54) is 7.11 Å². The minimum absolute atomic E-state index is 0.240. The highest BCUT2D eigenvalue weighted by Gasteiger charge is 2.27. The van der Waals surface area contributed by atoms with Gasteiger partial charge in [-0.2, -0.15) is 0 Å². The first-order valence-corrected chi connectivity index (χ1v) is 10.1. The molecule has 0 saturated heterocycles. The Balaban J connectivity index is 2.01. The maximum absolute atomic E-state index is 12.6. The van der Waals surface area contributed by atoms with E-state index in [9.17, 15) is 14.4 Å². The monoisotopic (exact) mass is 426 g/mol. The molecule has 166 valence electrons. The molecule has 2 amide bonds. The molecule has 0 radical (unpaired) electrons. The second-order valence-electron chi connectivity index (χ2n) is 7.83. The van der Waals surface area contributed by atoms with Crippen molar-refractivity contribution in [2.45, 2.75) is 40.7 Å². The summed E-state index contributed by atoms with van der Waals surface area (Å²) in [6.45, 7) is 8.92. The van der Waals surface area contributed by atoms with E-state index in [0.29, 0.717) is 17.0 Å². The summed E-state index contributed by atoms with van der Waals surface area (Å²) in [6.07, 6.45) is 0. The van der Waals surface area contributed by atoms with E-state index in [4.69, 9.17) is 9.47 Å². The van der Waals surface area contributed by atoms with Crippen molar-refractivity contribution in [3.8, 4) is 5.75 Å². The molecule has 0 unspecified atom stereocenters. The smallest absolute Gasteiger partial charge is 0.329 e. The van der Waals surface area contributed by atoms with Gasteiger partial charge in [-0.15, -0.1) is 0 Å². The third-order valence-electron chi connectivity index (χ3n) is 4.85. The Hall–Kier alpha value is -3.35. The maximum Gasteiger partial charge on any atom is 0.329 e. The number of ether oxygens (including phenoxy) is 2. The number of aryl methyl sites for hydroxylation is 3. The van der Waals surface area contributed by atoms with E-state index in [-0.39, 0.29) is 5.92 Å². The number of carbonyl (C=O) groups excluding carboxylic acids is 3. The Morgan fingerprint density at radius 2 is 1.61 bits per heavy atom. The van der Waals surface area contributed by atoms with Crippen molar-refractivity contribution < 1.29 is 23.9 Å². The van der Waals surface area contributed by atoms with Crippen molar-refractivity contribution >= 4 is 23.5 Å². The van der Waals surface area contributed by atoms with Crippen LogP contribution in [0.15, 0.2) is 36.4 Å². The zero-order valence-corrected chi connectivity index (χ0v) is 18.9. The molecule has 2 aromatic carbocycles. The lowest BCUT2D eigenvalue weighted by Gasteiger charge is -2.21. The first kappa shape index (κ1) is 23.9. The van der Waals surface area contributed by atoms with Gasteiger partial charge in [-0.1, -0.05) is 43.7 Å². The summed E-state index contributed by atoms with van der Waals surface area (Å²) in [5.74, 6) is -1.41. The molecule has 0 heterocycles. The van der Waals surface area contributed by atoms with Gasteiger partial charge in [0.2, 0.25) is 0 Å². The Bertz CT molecular complexity index is 945. The van der Waals surface area contributed by atoms with E-state index in [2.05, 4.69) is 10.6 Å². The van der Waals surface area contributed by atoms with Crippen LogP contribution in [0.5, 0.6) is 5.75 Å². The molecule has 0 aliphatic carbocycles. The van der Waals surface area contributed by atoms with E-state index < -0.39 is 30.4 Å². The maximum atomic E-state index is 12.6. The lowest BCUT2D eigenvalue weighted by Crippen LogP contribution is -2.46. The first-order valence-electron chi connectivity index (χ1n) is 10.1. The number of anilines is 1. The highest BCUT2D eigenvalue weighted by molar-refractivity contribution is 5.99. The number of benzene rings is 2. The van der Waals surface area contributed by atoms with Gasteiger partial charge in [0, 0.05) is 5.69 Å². The molecule has 2 N–H and O–H groups in total. The molecular formula is C24H30N2O5. The lowest BCUT2D eigenvalue weighted by molar-refractivity contribution is -0.150. The summed E-state index contributed by atoms with van der Waals surface area (Å²) < 4.78 is 10.4. The van der Waals surface area contributed by atoms with Crippen LogP contribution in [-0.4, -0.2) is 37.5 Å². The van der Waals surface area contributed by atoms with Crippen LogP contribution >= 0.6 is 0 Å². The normalized spacial score (nSPS) is 11.6. The van der Waals surface area contributed by atoms with Gasteiger partial charge in [0.15, 0.2) is 6.61 Å². The molecule has 2 rings (SSSR count). The lowest BCUT2D eigenvalue weighted by atomic mass is 10.0. The van der Waals surface area contributed by atoms with Crippen LogP contribution < -0.4 is 15.4 Å². The predicted molar refractivity (Wildman–Crippen MR) is 119 cm³/mol. The van der Waals surface area contributed by atoms with E-state index in [1.807, 2.05) is 32.9 Å². The number of rotatable bonds is 8. The van der Waals surface area contributed by atoms with Crippen molar-refractivity contribution in [1.82, 2.24) is 5.32 Å². The molecule has 2 aromatic rings. The standard InChI is InChI=1S/C24H30N2O5/c1-14(2)21(26-23(28)18-9-7-8-10-19(18)30-6)24(29)31-13-20(27)25-22-16(4)11-15(3)12-17(22)5/h7-12,14,21H,13H2,1-6H3,(H,25,27)(H,26,28)/t21-/m0/s1. The van der Waals surface area contributed by atoms with Gasteiger partial charge in [-0.25, -0.2) is 4.79 Å². The average molecular weight is 427 g/mol. The van der Waals surface area contributed by atoms with Crippen LogP contribution in [0, 0.1) is 26.7 Å². The number of hydrogen-bond donors (Lipinski definition) is 2. The summed E-state index contributed by atoms with van der Waals surface area (Å²) in [6, 6.07) is 9.76. The molecular weight excluding hydrogens is 396 g/mol. The van der Waals surface area contributed by atoms with E-state index in [1.54, 1.807) is 38.1 Å². The fourth-order valence-electron chi connectivity index (χ4n) is 3.33. The van der Waals surface area contributed by atoms with Crippen molar-refractivity contribution in [1.29, 1.82) is 0 Å². The molecule has 7 nitrogen and oxygen atoms in total. The predicted octanol–water partition coefficient (Wildman–Crippen LogP) is 3.56. The largest absolute Gasteiger partial charge is 0.496 e. The number of carbonyl (C=O) groups is 3. The summed E-state index contributed by atoms with van der Waals surface area (Å²) >= 11 is 0. The van der Waals surface area contributed by atoms with Gasteiger partial charge < -0.3 is 20.1 Å². The number of methoxy groups -OCH3 is 1. The molecule has 7 heteroatoms. The molecule has 0 fully saturated rings. The van der Waals surface area contributed by atoms with Gasteiger partial charge in [0.05, 0.1) is 12.7 Å². The topological polar surface area (TPSA) is 93.7 Å². The summed E-state index contributed by atoms with van der Waals surface area (Å²) in [4.78, 5) is 37.6. The zero-order valence-electron chi connectivity index (χ0n) is 18.9. The van der Waals surface area contributed by atoms with Gasteiger partial charge in [0.1, 0.15) is 11.8 Å². The molecule has 0 aliphatic heterocycles. The molecule has 0 saturated carbocycles. The van der Waals surface area contributed by atoms with Crippen LogP contribution in [0.1, 0.15) is 40.9 Å². The van der Waals surface area contributed by atoms with Gasteiger partial charge in [-0.05, 0) is 49.9 Å². The van der Waals surface area contributed by atoms with Crippen LogP contribution in [-0.2, 0) is 14.3 Å². The molecule has 1 atom stereocenters. The van der Waals surface area contributed by atoms with Crippen molar-refractivity contribution in [3.05, 3.63) is 58.7 Å². The average Bonchev–Trinajstić information content (AvgIpc) is 2.72. The van der Waals surface area contributed by atoms with Gasteiger partial charge >= 0.3 is 5.97 Å². The third kappa shape index (κ3) is 6.31. The Kier molecular flexibility index (Phi) is 8.19. The number of nitrogens with one attached hydrogen (secondary N) is 2. The third-order valence-corrected chi connectivity index (χ3v) is 4.85. The number of hydrogen-bond acceptors (Lipinski definition) is 5. The number of para-hydroxylation sites is 1. The van der Waals surface area contributed by atoms with Crippen LogP contribution in [0.4, 0.5) is 5.69 Å². The Morgan fingerprint density at radius 3 is 2.19 bits per heavy atom. The molecule has 0 bridgehead atoms. The van der Waals surface area contributed by atoms with Gasteiger partial charge in [0.25, 0.3) is 11.8 Å². The fraction of sp³-hybridized carbons (Fsp3) is 0.375. The second kappa shape index (κ2) is 10.6. The summed E-state index contributed by atoms with van der Waals surface area (Å²) in [7, 11) is 1.47. The van der Waals surface area contributed by atoms with Crippen molar-refractivity contribution in [2.24, 2.45) is 5.92 Å². The van der Waals surface area contributed by atoms with Crippen molar-refractivity contribution in [3.63, 3.8) is 0 Å². The number of esters is 1. The van der Waals surface area contributed by atoms with Gasteiger partial charge in [-0.3, -0.25) is 9.59 Å². The Morgan fingerprint density at radius 1 is 1.00 bits per heavy atom. The second-order valence-corrected chi connectivity index (χ2v) is 7.83. The minimum Gasteiger partial charge on any atom is -0.496 e. The summed E-state index contributed by atoms with van der Waals surface area (Å²) in [5.41, 5.74) is 3.98. The highest BCUT2D eigenvalue weighted by atomic mass is 16.5. The summed E-state index contributed by atoms with van der Waals surface area (Å²) in [5, 5.41) is 5.47. The minimum atomic E-state index is -0.909. The SMILES string of the molecule is COc1ccccc1C(=O)N[C@H](C(=O)OCC(=O)Nc1c(C)cc(C)cc1C)C(C)C. The molecule has 31 heavy (non-hydrogen) atoms. The molecule has 0 spiro atoms. The quantitative estimate of drug-likeness (QED) is 0.630. The van der Waals surface area contributed by atoms with Crippen molar-refractivity contribution in [2.75, 3.05) is 19.0 Å². The first-order chi connectivity index (χ1) is 14.6. The van der Waals surface area contributed by atoms with Crippen LogP contribution in [0.2, 0.25) is 0 Å². The zero-order chi connectivity index (χ0) is 23.1. The Labute approximate surface area is 183 Å². The van der Waals surface area contributed by atoms with Crippen LogP contribution in [0.3, 0.4) is 0 Å². The molecule has 0 aliphatic rings. The van der Waals surface area contributed by atoms with E-state index in [0.717, 1.165) is 16.7 Å². The van der Waals surface area contributed by atoms with Crippen LogP contribution in [0.25, 0.3) is 0 Å². The fourth-order valence-corrected chi connectivity index (χ4v) is 3.33.